The number of benzene rings is 1. The maximum absolute atomic E-state index is 12.9. The van der Waals surface area contributed by atoms with Gasteiger partial charge < -0.3 is 10.2 Å². The molecule has 0 saturated carbocycles. The molecule has 0 unspecified atom stereocenters. The van der Waals surface area contributed by atoms with Gasteiger partial charge in [-0.1, -0.05) is 12.1 Å². The number of nitrogens with one attached hydrogen (secondary N) is 1. The molecule has 2 heterocycles. The highest BCUT2D eigenvalue weighted by molar-refractivity contribution is 7.98. The fraction of sp³-hybridized carbons (Fsp3) is 0.316. The van der Waals surface area contributed by atoms with Gasteiger partial charge in [0.2, 0.25) is 5.91 Å². The van der Waals surface area contributed by atoms with Crippen LogP contribution in [0.4, 0.5) is 4.39 Å². The molecule has 1 aliphatic heterocycles. The number of nitrogens with zero attached hydrogens (tertiary/aromatic N) is 2. The molecule has 1 aromatic heterocycles. The van der Waals surface area contributed by atoms with E-state index < -0.39 is 0 Å². The lowest BCUT2D eigenvalue weighted by atomic mass is 10.1. The van der Waals surface area contributed by atoms with Gasteiger partial charge in [-0.3, -0.25) is 9.59 Å². The minimum Gasteiger partial charge on any atom is -0.347 e. The first kappa shape index (κ1) is 18.4. The average Bonchev–Trinajstić information content (AvgIpc) is 3.00. The standard InChI is InChI=1S/C19H20FN3O2S/c1-26-19-16(3-2-9-21-19)18(25)22-15-11-17(24)23(12-15)10-8-13-4-6-14(20)7-5-13/h2-7,9,15H,8,10-12H2,1H3,(H,22,25)/t15-/m0/s1. The van der Waals surface area contributed by atoms with Gasteiger partial charge in [-0.2, -0.15) is 0 Å². The van der Waals surface area contributed by atoms with Crippen molar-refractivity contribution in [2.45, 2.75) is 23.9 Å². The van der Waals surface area contributed by atoms with Gasteiger partial charge in [-0.15, -0.1) is 11.8 Å². The van der Waals surface area contributed by atoms with Gasteiger partial charge in [0.05, 0.1) is 11.6 Å². The van der Waals surface area contributed by atoms with Crippen molar-refractivity contribution in [3.8, 4) is 0 Å². The first-order valence-corrected chi connectivity index (χ1v) is 9.61. The molecule has 0 bridgehead atoms. The Bertz CT molecular complexity index is 798. The van der Waals surface area contributed by atoms with Crippen LogP contribution >= 0.6 is 11.8 Å². The zero-order valence-corrected chi connectivity index (χ0v) is 15.3. The third-order valence-corrected chi connectivity index (χ3v) is 5.05. The largest absolute Gasteiger partial charge is 0.347 e. The van der Waals surface area contributed by atoms with E-state index in [0.29, 0.717) is 36.5 Å². The molecule has 1 saturated heterocycles. The molecule has 1 aliphatic rings. The Morgan fingerprint density at radius 1 is 1.35 bits per heavy atom. The average molecular weight is 373 g/mol. The van der Waals surface area contributed by atoms with Crippen LogP contribution in [0.15, 0.2) is 47.6 Å². The molecule has 2 amide bonds. The highest BCUT2D eigenvalue weighted by Gasteiger charge is 2.30. The fourth-order valence-electron chi connectivity index (χ4n) is 2.99. The molecule has 136 valence electrons. The van der Waals surface area contributed by atoms with Crippen LogP contribution in [-0.4, -0.2) is 47.1 Å². The van der Waals surface area contributed by atoms with E-state index in [1.54, 1.807) is 35.4 Å². The van der Waals surface area contributed by atoms with E-state index in [1.807, 2.05) is 6.26 Å². The quantitative estimate of drug-likeness (QED) is 0.791. The summed E-state index contributed by atoms with van der Waals surface area (Å²) >= 11 is 1.41. The monoisotopic (exact) mass is 373 g/mol. The van der Waals surface area contributed by atoms with E-state index in [0.717, 1.165) is 5.56 Å². The first-order chi connectivity index (χ1) is 12.6. The predicted molar refractivity (Wildman–Crippen MR) is 98.6 cm³/mol. The number of aromatic nitrogens is 1. The van der Waals surface area contributed by atoms with Crippen LogP contribution in [0, 0.1) is 5.82 Å². The molecule has 26 heavy (non-hydrogen) atoms. The third kappa shape index (κ3) is 4.40. The van der Waals surface area contributed by atoms with Crippen LogP contribution < -0.4 is 5.32 Å². The second-order valence-corrected chi connectivity index (χ2v) is 6.95. The van der Waals surface area contributed by atoms with Crippen molar-refractivity contribution in [2.24, 2.45) is 0 Å². The van der Waals surface area contributed by atoms with Crippen molar-refractivity contribution >= 4 is 23.6 Å². The lowest BCUT2D eigenvalue weighted by Gasteiger charge is -2.17. The Labute approximate surface area is 156 Å². The van der Waals surface area contributed by atoms with E-state index in [4.69, 9.17) is 0 Å². The second-order valence-electron chi connectivity index (χ2n) is 6.15. The Hall–Kier alpha value is -2.41. The van der Waals surface area contributed by atoms with Crippen molar-refractivity contribution in [2.75, 3.05) is 19.3 Å². The molecular weight excluding hydrogens is 353 g/mol. The summed E-state index contributed by atoms with van der Waals surface area (Å²) in [5.41, 5.74) is 1.50. The van der Waals surface area contributed by atoms with Gasteiger partial charge in [0.25, 0.3) is 5.91 Å². The summed E-state index contributed by atoms with van der Waals surface area (Å²) in [6.07, 6.45) is 4.48. The van der Waals surface area contributed by atoms with Crippen LogP contribution in [0.2, 0.25) is 0 Å². The maximum atomic E-state index is 12.9. The van der Waals surface area contributed by atoms with Gasteiger partial charge in [0.15, 0.2) is 0 Å². The summed E-state index contributed by atoms with van der Waals surface area (Å²) in [6.45, 7) is 1.04. The molecule has 1 aromatic carbocycles. The molecule has 1 atom stereocenters. The Morgan fingerprint density at radius 2 is 2.12 bits per heavy atom. The highest BCUT2D eigenvalue weighted by atomic mass is 32.2. The van der Waals surface area contributed by atoms with Crippen molar-refractivity contribution in [1.29, 1.82) is 0 Å². The van der Waals surface area contributed by atoms with Crippen molar-refractivity contribution in [1.82, 2.24) is 15.2 Å². The zero-order valence-electron chi connectivity index (χ0n) is 14.4. The van der Waals surface area contributed by atoms with Gasteiger partial charge in [-0.05, 0) is 42.5 Å². The smallest absolute Gasteiger partial charge is 0.254 e. The zero-order chi connectivity index (χ0) is 18.5. The van der Waals surface area contributed by atoms with Crippen molar-refractivity contribution in [3.63, 3.8) is 0 Å². The number of hydrogen-bond donors (Lipinski definition) is 1. The van der Waals surface area contributed by atoms with Gasteiger partial charge >= 0.3 is 0 Å². The van der Waals surface area contributed by atoms with Crippen LogP contribution in [0.1, 0.15) is 22.3 Å². The maximum Gasteiger partial charge on any atom is 0.254 e. The SMILES string of the molecule is CSc1ncccc1C(=O)N[C@H]1CC(=O)N(CCc2ccc(F)cc2)C1. The Kier molecular flexibility index (Phi) is 5.88. The van der Waals surface area contributed by atoms with Gasteiger partial charge in [0, 0.05) is 25.7 Å². The molecule has 0 spiro atoms. The molecular formula is C19H20FN3O2S. The molecule has 0 radical (unpaired) electrons. The normalized spacial score (nSPS) is 16.8. The molecule has 1 fully saturated rings. The highest BCUT2D eigenvalue weighted by Crippen LogP contribution is 2.18. The van der Waals surface area contributed by atoms with E-state index in [2.05, 4.69) is 10.3 Å². The van der Waals surface area contributed by atoms with E-state index in [-0.39, 0.29) is 23.7 Å². The number of hydrogen-bond acceptors (Lipinski definition) is 4. The minimum atomic E-state index is -0.270. The summed E-state index contributed by atoms with van der Waals surface area (Å²) in [4.78, 5) is 30.6. The molecule has 0 aliphatic carbocycles. The molecule has 5 nitrogen and oxygen atoms in total. The van der Waals surface area contributed by atoms with E-state index >= 15 is 0 Å². The fourth-order valence-corrected chi connectivity index (χ4v) is 3.54. The summed E-state index contributed by atoms with van der Waals surface area (Å²) in [5, 5.41) is 3.60. The molecule has 1 N–H and O–H groups in total. The van der Waals surface area contributed by atoms with Gasteiger partial charge in [0.1, 0.15) is 10.8 Å². The van der Waals surface area contributed by atoms with Crippen LogP contribution in [-0.2, 0) is 11.2 Å². The summed E-state index contributed by atoms with van der Waals surface area (Å²) in [7, 11) is 0. The summed E-state index contributed by atoms with van der Waals surface area (Å²) in [6, 6.07) is 9.53. The number of carbonyl (C=O) groups is 2. The Morgan fingerprint density at radius 3 is 2.85 bits per heavy atom. The van der Waals surface area contributed by atoms with E-state index in [9.17, 15) is 14.0 Å². The van der Waals surface area contributed by atoms with E-state index in [1.165, 1.54) is 23.9 Å². The second kappa shape index (κ2) is 8.31. The predicted octanol–water partition coefficient (Wildman–Crippen LogP) is 2.52. The topological polar surface area (TPSA) is 62.3 Å². The third-order valence-electron chi connectivity index (χ3n) is 4.34. The lowest BCUT2D eigenvalue weighted by Crippen LogP contribution is -2.37. The van der Waals surface area contributed by atoms with Crippen molar-refractivity contribution in [3.05, 3.63) is 59.5 Å². The first-order valence-electron chi connectivity index (χ1n) is 8.39. The Balaban J connectivity index is 1.55. The summed E-state index contributed by atoms with van der Waals surface area (Å²) < 4.78 is 12.9. The number of halogens is 1. The molecule has 3 rings (SSSR count). The van der Waals surface area contributed by atoms with Crippen LogP contribution in [0.25, 0.3) is 0 Å². The van der Waals surface area contributed by atoms with Gasteiger partial charge in [-0.25, -0.2) is 9.37 Å². The number of thioether (sulfide) groups is 1. The number of likely N-dealkylation sites (tertiary alicyclic amines) is 1. The minimum absolute atomic E-state index is 0.0219. The van der Waals surface area contributed by atoms with Crippen LogP contribution in [0.5, 0.6) is 0 Å². The number of amides is 2. The molecule has 7 heteroatoms. The number of carbonyl (C=O) groups excluding carboxylic acids is 2. The van der Waals surface area contributed by atoms with Crippen molar-refractivity contribution < 1.29 is 14.0 Å². The molecule has 2 aromatic rings. The van der Waals surface area contributed by atoms with Crippen LogP contribution in [0.3, 0.4) is 0 Å². The number of rotatable bonds is 6. The summed E-state index contributed by atoms with van der Waals surface area (Å²) in [5.74, 6) is -0.455. The lowest BCUT2D eigenvalue weighted by molar-refractivity contribution is -0.127. The number of pyridine rings is 1.